The van der Waals surface area contributed by atoms with Crippen LogP contribution in [0.5, 0.6) is 0 Å². The monoisotopic (exact) mass is 1360 g/mol. The van der Waals surface area contributed by atoms with Gasteiger partial charge in [0.1, 0.15) is 11.0 Å². The van der Waals surface area contributed by atoms with Crippen LogP contribution in [0.1, 0.15) is 150 Å². The summed E-state index contributed by atoms with van der Waals surface area (Å²) in [5, 5.41) is 5.71. The van der Waals surface area contributed by atoms with Crippen molar-refractivity contribution >= 4 is 78.2 Å². The Morgan fingerprint density at radius 3 is 0.901 bits per heavy atom. The lowest BCUT2D eigenvalue weighted by Crippen LogP contribution is -2.27. The summed E-state index contributed by atoms with van der Waals surface area (Å²) in [7, 11) is 0. The molecule has 13 aromatic carbocycles. The van der Waals surface area contributed by atoms with Gasteiger partial charge in [0.15, 0.2) is 0 Å². The van der Waals surface area contributed by atoms with E-state index in [4.69, 9.17) is 33.2 Å². The van der Waals surface area contributed by atoms with Crippen LogP contribution < -0.4 is 0 Å². The molecule has 0 saturated heterocycles. The van der Waals surface area contributed by atoms with Gasteiger partial charge in [0.05, 0.1) is 31.6 Å². The zero-order chi connectivity index (χ0) is 69.3. The first-order valence-corrected chi connectivity index (χ1v) is 37.2. The van der Waals surface area contributed by atoms with Crippen LogP contribution in [-0.2, 0) is 32.5 Å². The molecule has 19 rings (SSSR count). The highest BCUT2D eigenvalue weighted by Crippen LogP contribution is 2.68. The topological polar surface area (TPSA) is 25.8 Å². The minimum absolute atomic E-state index is 0.0897. The van der Waals surface area contributed by atoms with Crippen molar-refractivity contribution in [2.75, 3.05) is 0 Å². The van der Waals surface area contributed by atoms with Gasteiger partial charge in [0.25, 0.3) is 0 Å². The highest BCUT2D eigenvalue weighted by atomic mass is 35.5. The minimum atomic E-state index is -0.621. The number of rotatable bonds is 4. The van der Waals surface area contributed by atoms with Crippen LogP contribution in [-0.4, -0.2) is 9.97 Å². The molecule has 0 unspecified atom stereocenters. The highest BCUT2D eigenvalue weighted by molar-refractivity contribution is 7.21. The fourth-order valence-corrected chi connectivity index (χ4v) is 19.5. The largest absolute Gasteiger partial charge is 0.242 e. The summed E-state index contributed by atoms with van der Waals surface area (Å²) in [6, 6.07) is 92.6. The van der Waals surface area contributed by atoms with Gasteiger partial charge in [-0.2, -0.15) is 0 Å². The Balaban J connectivity index is 0.960. The van der Waals surface area contributed by atoms with Crippen molar-refractivity contribution in [3.8, 4) is 87.6 Å². The molecule has 4 aliphatic rings. The third-order valence-corrected chi connectivity index (χ3v) is 24.8. The van der Waals surface area contributed by atoms with Gasteiger partial charge in [0, 0.05) is 31.9 Å². The molecule has 0 bridgehead atoms. The number of hydrogen-bond donors (Lipinski definition) is 0. The molecule has 490 valence electrons. The van der Waals surface area contributed by atoms with Crippen LogP contribution >= 0.6 is 34.5 Å². The lowest BCUT2D eigenvalue weighted by atomic mass is 9.68. The summed E-state index contributed by atoms with van der Waals surface area (Å²) in [5.41, 5.74) is 34.5. The fourth-order valence-electron chi connectivity index (χ4n) is 18.0. The van der Waals surface area contributed by atoms with Gasteiger partial charge >= 0.3 is 0 Å². The van der Waals surface area contributed by atoms with Crippen molar-refractivity contribution in [1.82, 2.24) is 9.97 Å². The maximum Gasteiger partial charge on any atom is 0.109 e. The first-order valence-electron chi connectivity index (χ1n) is 35.6. The predicted molar refractivity (Wildman–Crippen MR) is 429 cm³/mol. The molecule has 101 heavy (non-hydrogen) atoms. The number of thiophene rings is 1. The number of benzene rings is 13. The van der Waals surface area contributed by atoms with E-state index >= 15 is 0 Å². The summed E-state index contributed by atoms with van der Waals surface area (Å²) in [4.78, 5) is 14.8. The van der Waals surface area contributed by atoms with Gasteiger partial charge in [-0.1, -0.05) is 313 Å². The number of hydrogen-bond acceptors (Lipinski definition) is 3. The third-order valence-electron chi connectivity index (χ3n) is 23.1. The van der Waals surface area contributed by atoms with E-state index in [0.29, 0.717) is 10.0 Å². The fraction of sp³-hybridized carbons (Fsp3) is 0.188. The second-order valence-electron chi connectivity index (χ2n) is 33.0. The summed E-state index contributed by atoms with van der Waals surface area (Å²) < 4.78 is 0. The highest BCUT2D eigenvalue weighted by Gasteiger charge is 2.55. The Labute approximate surface area is 606 Å². The molecular formula is C96H76Cl2N2S. The second kappa shape index (κ2) is 21.4. The van der Waals surface area contributed by atoms with Crippen LogP contribution in [0, 0.1) is 0 Å². The summed E-state index contributed by atoms with van der Waals surface area (Å²) >= 11 is 15.1. The molecule has 0 amide bonds. The van der Waals surface area contributed by atoms with Gasteiger partial charge in [-0.15, -0.1) is 11.3 Å². The molecule has 2 nitrogen and oxygen atoms in total. The van der Waals surface area contributed by atoms with Gasteiger partial charge in [-0.05, 0) is 202 Å². The molecule has 2 heterocycles. The molecule has 4 aliphatic carbocycles. The summed E-state index contributed by atoms with van der Waals surface area (Å²) in [6.07, 6.45) is 0. The van der Waals surface area contributed by atoms with E-state index in [-0.39, 0.29) is 21.7 Å². The Hall–Kier alpha value is -9.74. The van der Waals surface area contributed by atoms with Crippen LogP contribution in [0.25, 0.3) is 131 Å². The van der Waals surface area contributed by atoms with E-state index in [1.807, 2.05) is 35.6 Å². The SMILES string of the molecule is CC(C)(C)c1ccc2c(c1)C1(c3cc(C(C)(C)C)ccc3-2)c2ccccc2-c2c(-c3sc(-c4cccc5c4-c4ccccc4C54c5cc(C(C)(C)C)ccc5-c5ccc(C(C)(C)C)cc54)c4nc5c6cc(-c7ccc(Cl)cc7)ccc6c6ccc(-c7ccc(Cl)cc7)cc6c5nc34)cccc21. The molecule has 0 aliphatic heterocycles. The Morgan fingerprint density at radius 1 is 0.257 bits per heavy atom. The molecule has 0 N–H and O–H groups in total. The average molecular weight is 1360 g/mol. The van der Waals surface area contributed by atoms with Gasteiger partial charge in [-0.3, -0.25) is 0 Å². The molecule has 0 atom stereocenters. The minimum Gasteiger partial charge on any atom is -0.242 e. The lowest BCUT2D eigenvalue weighted by molar-refractivity contribution is 0.586. The molecule has 0 radical (unpaired) electrons. The van der Waals surface area contributed by atoms with E-state index in [9.17, 15) is 0 Å². The average Bonchev–Trinajstić information content (AvgIpc) is 1.51. The second-order valence-corrected chi connectivity index (χ2v) is 34.9. The first kappa shape index (κ1) is 62.3. The van der Waals surface area contributed by atoms with Crippen molar-refractivity contribution < 1.29 is 0 Å². The third kappa shape index (κ3) is 8.83. The van der Waals surface area contributed by atoms with E-state index < -0.39 is 10.8 Å². The normalized spacial score (nSPS) is 14.4. The molecule has 5 heteroatoms. The Kier molecular flexibility index (Phi) is 13.2. The first-order chi connectivity index (χ1) is 48.4. The van der Waals surface area contributed by atoms with Gasteiger partial charge in [0.2, 0.25) is 0 Å². The van der Waals surface area contributed by atoms with Crippen LogP contribution in [0.3, 0.4) is 0 Å². The number of halogens is 2. The number of fused-ring (bicyclic) bond motifs is 27. The summed E-state index contributed by atoms with van der Waals surface area (Å²) in [5.74, 6) is 0. The van der Waals surface area contributed by atoms with Crippen molar-refractivity contribution in [3.63, 3.8) is 0 Å². The van der Waals surface area contributed by atoms with Crippen molar-refractivity contribution in [2.45, 2.75) is 116 Å². The molecule has 0 fully saturated rings. The lowest BCUT2D eigenvalue weighted by Gasteiger charge is -2.33. The van der Waals surface area contributed by atoms with Crippen molar-refractivity contribution in [2.24, 2.45) is 0 Å². The van der Waals surface area contributed by atoms with Gasteiger partial charge in [-0.25, -0.2) is 9.97 Å². The number of aromatic nitrogens is 2. The van der Waals surface area contributed by atoms with E-state index in [1.54, 1.807) is 0 Å². The van der Waals surface area contributed by atoms with Gasteiger partial charge < -0.3 is 0 Å². The Bertz CT molecular complexity index is 5630. The zero-order valence-corrected chi connectivity index (χ0v) is 61.5. The predicted octanol–water partition coefficient (Wildman–Crippen LogP) is 27.0. The molecule has 2 aromatic heterocycles. The maximum absolute atomic E-state index is 6.60. The maximum atomic E-state index is 6.60. The number of nitrogens with zero attached hydrogens (tertiary/aromatic N) is 2. The zero-order valence-electron chi connectivity index (χ0n) is 59.2. The molecule has 15 aromatic rings. The van der Waals surface area contributed by atoms with E-state index in [0.717, 1.165) is 86.7 Å². The van der Waals surface area contributed by atoms with Crippen LogP contribution in [0.4, 0.5) is 0 Å². The smallest absolute Gasteiger partial charge is 0.109 e. The van der Waals surface area contributed by atoms with E-state index in [2.05, 4.69) is 301 Å². The molecule has 0 saturated carbocycles. The quantitative estimate of drug-likeness (QED) is 0.164. The molecule has 2 spiro atoms. The van der Waals surface area contributed by atoms with Crippen molar-refractivity contribution in [1.29, 1.82) is 0 Å². The van der Waals surface area contributed by atoms with Crippen LogP contribution in [0.15, 0.2) is 243 Å². The van der Waals surface area contributed by atoms with Crippen LogP contribution in [0.2, 0.25) is 10.0 Å². The van der Waals surface area contributed by atoms with Crippen molar-refractivity contribution in [3.05, 3.63) is 319 Å². The van der Waals surface area contributed by atoms with E-state index in [1.165, 1.54) is 111 Å². The summed E-state index contributed by atoms with van der Waals surface area (Å²) in [6.45, 7) is 28.2. The molecular weight excluding hydrogens is 1280 g/mol. The Morgan fingerprint density at radius 2 is 0.564 bits per heavy atom. The standard InChI is InChI=1S/C96H76Cl2N2S/c1-91(2,3)57-33-43-65-66-44-34-58(92(4,5)6)50-80(66)95(79(65)49-57)75-23-15-13-19-69(75)83-71(21-17-25-77(83)95)89-87-88(100-86-74-48-56(54-29-39-62(98)40-30-54)32-42-64(74)63-41-31-55(47-73(63)85(86)99-87)53-27-37-61(97)38-28-53)90(101-89)72-22-18-26-78-84(72)70-20-14-16-24-76(70)96(78)81-51-59(93(7,8)9)35-45-67(81)68-46-36-60(52-82(68)96)94(10,11)12/h13-52H,1-12H3.